The minimum absolute atomic E-state index is 0.239. The first-order valence-corrected chi connectivity index (χ1v) is 7.30. The maximum atomic E-state index is 11.3. The van der Waals surface area contributed by atoms with Crippen molar-refractivity contribution in [2.75, 3.05) is 6.16 Å². The molecule has 0 amide bonds. The van der Waals surface area contributed by atoms with E-state index in [1.807, 2.05) is 32.0 Å². The van der Waals surface area contributed by atoms with Gasteiger partial charge in [0.1, 0.15) is 5.78 Å². The highest BCUT2D eigenvalue weighted by Gasteiger charge is 2.12. The highest BCUT2D eigenvalue weighted by molar-refractivity contribution is 7.16. The second kappa shape index (κ2) is 10.5. The van der Waals surface area contributed by atoms with Gasteiger partial charge in [-0.3, -0.25) is 4.79 Å². The van der Waals surface area contributed by atoms with Gasteiger partial charge in [0.05, 0.1) is 0 Å². The van der Waals surface area contributed by atoms with E-state index in [2.05, 4.69) is 21.4 Å². The Bertz CT molecular complexity index is 295. The summed E-state index contributed by atoms with van der Waals surface area (Å²) >= 11 is 0. The summed E-state index contributed by atoms with van der Waals surface area (Å²) in [6.45, 7) is 5.70. The van der Waals surface area contributed by atoms with Crippen LogP contribution in [0.3, 0.4) is 0 Å². The zero-order chi connectivity index (χ0) is 13.1. The van der Waals surface area contributed by atoms with Crippen LogP contribution in [0.4, 0.5) is 0 Å². The molecule has 0 saturated heterocycles. The number of ketones is 1. The Hall–Kier alpha value is -0.680. The zero-order valence-electron chi connectivity index (χ0n) is 11.3. The summed E-state index contributed by atoms with van der Waals surface area (Å²) in [5, 5.41) is 0. The third kappa shape index (κ3) is 7.28. The zero-order valence-corrected chi connectivity index (χ0v) is 12.4. The van der Waals surface area contributed by atoms with Crippen molar-refractivity contribution < 1.29 is 4.79 Å². The topological polar surface area (TPSA) is 17.1 Å². The van der Waals surface area contributed by atoms with Crippen molar-refractivity contribution in [1.82, 2.24) is 0 Å². The van der Waals surface area contributed by atoms with Gasteiger partial charge in [-0.25, -0.2) is 0 Å². The van der Waals surface area contributed by atoms with Crippen molar-refractivity contribution in [3.05, 3.63) is 35.9 Å². The number of carbonyl (C=O) groups is 1. The Labute approximate surface area is 108 Å². The molecule has 0 fully saturated rings. The SMILES string of the molecule is CC.CC(=O)C(CCP)CCc1ccccc1. The van der Waals surface area contributed by atoms with Gasteiger partial charge in [0.15, 0.2) is 0 Å². The highest BCUT2D eigenvalue weighted by Crippen LogP contribution is 2.15. The van der Waals surface area contributed by atoms with Crippen LogP contribution in [-0.2, 0) is 11.2 Å². The second-order valence-corrected chi connectivity index (χ2v) is 4.49. The number of Topliss-reactive ketones (excluding diaryl/α,β-unsaturated/α-hetero) is 1. The number of carbonyl (C=O) groups excluding carboxylic acids is 1. The summed E-state index contributed by atoms with van der Waals surface area (Å²) < 4.78 is 0. The lowest BCUT2D eigenvalue weighted by molar-refractivity contribution is -0.120. The summed E-state index contributed by atoms with van der Waals surface area (Å²) in [7, 11) is 2.70. The number of hydrogen-bond acceptors (Lipinski definition) is 1. The van der Waals surface area contributed by atoms with Crippen molar-refractivity contribution in [1.29, 1.82) is 0 Å². The summed E-state index contributed by atoms with van der Waals surface area (Å²) in [6, 6.07) is 10.4. The van der Waals surface area contributed by atoms with Crippen LogP contribution in [0, 0.1) is 5.92 Å². The molecule has 96 valence electrons. The fraction of sp³-hybridized carbons (Fsp3) is 0.533. The van der Waals surface area contributed by atoms with Gasteiger partial charge >= 0.3 is 0 Å². The molecule has 1 rings (SSSR count). The van der Waals surface area contributed by atoms with Crippen LogP contribution in [-0.4, -0.2) is 11.9 Å². The van der Waals surface area contributed by atoms with E-state index in [4.69, 9.17) is 0 Å². The predicted molar refractivity (Wildman–Crippen MR) is 79.5 cm³/mol. The van der Waals surface area contributed by atoms with Gasteiger partial charge in [0.2, 0.25) is 0 Å². The Kier molecular flexibility index (Phi) is 10.1. The first kappa shape index (κ1) is 16.3. The van der Waals surface area contributed by atoms with Gasteiger partial charge in [-0.05, 0) is 37.9 Å². The lowest BCUT2D eigenvalue weighted by Crippen LogP contribution is -2.12. The van der Waals surface area contributed by atoms with E-state index < -0.39 is 0 Å². The first-order valence-electron chi connectivity index (χ1n) is 6.48. The summed E-state index contributed by atoms with van der Waals surface area (Å²) in [4.78, 5) is 11.3. The second-order valence-electron chi connectivity index (χ2n) is 3.91. The number of hydrogen-bond donors (Lipinski definition) is 0. The lowest BCUT2D eigenvalue weighted by atomic mass is 9.94. The highest BCUT2D eigenvalue weighted by atomic mass is 31.0. The van der Waals surface area contributed by atoms with E-state index in [-0.39, 0.29) is 5.92 Å². The molecular formula is C15H25OP. The van der Waals surface area contributed by atoms with Gasteiger partial charge in [0.25, 0.3) is 0 Å². The summed E-state index contributed by atoms with van der Waals surface area (Å²) in [6.07, 6.45) is 4.00. The Balaban J connectivity index is 0.00000121. The third-order valence-electron chi connectivity index (χ3n) is 2.71. The smallest absolute Gasteiger partial charge is 0.132 e. The standard InChI is InChI=1S/C13H19OP.C2H6/c1-11(14)13(9-10-15)8-7-12-5-3-2-4-6-12;1-2/h2-6,13H,7-10,15H2,1H3;1-2H3. The van der Waals surface area contributed by atoms with Crippen molar-refractivity contribution in [3.8, 4) is 0 Å². The number of aryl methyl sites for hydroxylation is 1. The van der Waals surface area contributed by atoms with Gasteiger partial charge in [-0.2, -0.15) is 0 Å². The molecule has 0 aliphatic carbocycles. The molecule has 0 spiro atoms. The van der Waals surface area contributed by atoms with Crippen molar-refractivity contribution >= 4 is 15.0 Å². The average Bonchev–Trinajstić information content (AvgIpc) is 2.38. The minimum atomic E-state index is 0.239. The summed E-state index contributed by atoms with van der Waals surface area (Å²) in [5.74, 6) is 0.566. The maximum Gasteiger partial charge on any atom is 0.132 e. The molecule has 17 heavy (non-hydrogen) atoms. The van der Waals surface area contributed by atoms with Gasteiger partial charge in [-0.15, -0.1) is 9.24 Å². The van der Waals surface area contributed by atoms with E-state index in [0.29, 0.717) is 5.78 Å². The number of benzene rings is 1. The normalized spacial score (nSPS) is 11.3. The molecule has 0 N–H and O–H groups in total. The van der Waals surface area contributed by atoms with Crippen LogP contribution < -0.4 is 0 Å². The largest absolute Gasteiger partial charge is 0.300 e. The molecule has 0 aliphatic heterocycles. The third-order valence-corrected chi connectivity index (χ3v) is 3.05. The molecule has 0 radical (unpaired) electrons. The summed E-state index contributed by atoms with van der Waals surface area (Å²) in [5.41, 5.74) is 1.33. The van der Waals surface area contributed by atoms with E-state index in [1.54, 1.807) is 6.92 Å². The molecule has 0 bridgehead atoms. The maximum absolute atomic E-state index is 11.3. The molecule has 0 heterocycles. The fourth-order valence-electron chi connectivity index (χ4n) is 1.74. The molecule has 0 aromatic heterocycles. The van der Waals surface area contributed by atoms with Gasteiger partial charge in [0, 0.05) is 5.92 Å². The van der Waals surface area contributed by atoms with Gasteiger partial charge < -0.3 is 0 Å². The average molecular weight is 252 g/mol. The van der Waals surface area contributed by atoms with Crippen LogP contribution in [0.15, 0.2) is 30.3 Å². The molecular weight excluding hydrogens is 227 g/mol. The van der Waals surface area contributed by atoms with Crippen molar-refractivity contribution in [2.24, 2.45) is 5.92 Å². The minimum Gasteiger partial charge on any atom is -0.300 e. The first-order chi connectivity index (χ1) is 8.24. The van der Waals surface area contributed by atoms with E-state index in [0.717, 1.165) is 25.4 Å². The monoisotopic (exact) mass is 252 g/mol. The molecule has 2 unspecified atom stereocenters. The molecule has 1 nitrogen and oxygen atoms in total. The van der Waals surface area contributed by atoms with Crippen LogP contribution in [0.1, 0.15) is 39.2 Å². The Morgan fingerprint density at radius 1 is 1.18 bits per heavy atom. The van der Waals surface area contributed by atoms with Crippen LogP contribution in [0.25, 0.3) is 0 Å². The molecule has 0 saturated carbocycles. The fourth-order valence-corrected chi connectivity index (χ4v) is 2.14. The Morgan fingerprint density at radius 3 is 2.24 bits per heavy atom. The van der Waals surface area contributed by atoms with E-state index in [9.17, 15) is 4.79 Å². The molecule has 1 aromatic rings. The van der Waals surface area contributed by atoms with Crippen molar-refractivity contribution in [2.45, 2.75) is 40.0 Å². The van der Waals surface area contributed by atoms with Gasteiger partial charge in [-0.1, -0.05) is 44.2 Å². The lowest BCUT2D eigenvalue weighted by Gasteiger charge is -2.12. The molecule has 0 aliphatic rings. The van der Waals surface area contributed by atoms with E-state index in [1.165, 1.54) is 5.56 Å². The Morgan fingerprint density at radius 2 is 1.76 bits per heavy atom. The number of rotatable bonds is 6. The van der Waals surface area contributed by atoms with Crippen molar-refractivity contribution in [3.63, 3.8) is 0 Å². The predicted octanol–water partition coefficient (Wildman–Crippen LogP) is 4.12. The van der Waals surface area contributed by atoms with Crippen LogP contribution in [0.5, 0.6) is 0 Å². The molecule has 2 atom stereocenters. The quantitative estimate of drug-likeness (QED) is 0.696. The van der Waals surface area contributed by atoms with Crippen LogP contribution in [0.2, 0.25) is 0 Å². The van der Waals surface area contributed by atoms with Crippen LogP contribution >= 0.6 is 9.24 Å². The molecule has 2 heteroatoms. The van der Waals surface area contributed by atoms with E-state index >= 15 is 0 Å². The molecule has 1 aromatic carbocycles.